The van der Waals surface area contributed by atoms with E-state index in [4.69, 9.17) is 0 Å². The summed E-state index contributed by atoms with van der Waals surface area (Å²) in [6, 6.07) is 7.58. The fourth-order valence-electron chi connectivity index (χ4n) is 3.49. The maximum Gasteiger partial charge on any atom is 0.241 e. The highest BCUT2D eigenvalue weighted by Crippen LogP contribution is 2.26. The Morgan fingerprint density at radius 1 is 1.32 bits per heavy atom. The van der Waals surface area contributed by atoms with Crippen LogP contribution in [0.3, 0.4) is 0 Å². The van der Waals surface area contributed by atoms with E-state index in [9.17, 15) is 4.79 Å². The number of anilines is 1. The number of hydrogen-bond donors (Lipinski definition) is 2. The minimum Gasteiger partial charge on any atom is -0.325 e. The molecule has 1 aliphatic heterocycles. The summed E-state index contributed by atoms with van der Waals surface area (Å²) < 4.78 is 0. The fraction of sp³-hybridized carbons (Fsp3) is 0.421. The number of hydrogen-bond acceptors (Lipinski definition) is 7. The Morgan fingerprint density at radius 2 is 2.21 bits per heavy atom. The van der Waals surface area contributed by atoms with Crippen molar-refractivity contribution in [3.63, 3.8) is 0 Å². The van der Waals surface area contributed by atoms with E-state index in [1.165, 1.54) is 0 Å². The molecule has 0 aliphatic carbocycles. The summed E-state index contributed by atoms with van der Waals surface area (Å²) in [4.78, 5) is 19.5. The molecule has 1 atom stereocenters. The van der Waals surface area contributed by atoms with Gasteiger partial charge in [0, 0.05) is 11.3 Å². The van der Waals surface area contributed by atoms with Crippen LogP contribution in [0.5, 0.6) is 0 Å². The van der Waals surface area contributed by atoms with Crippen LogP contribution in [0.25, 0.3) is 10.6 Å². The van der Waals surface area contributed by atoms with Crippen LogP contribution in [0.2, 0.25) is 0 Å². The summed E-state index contributed by atoms with van der Waals surface area (Å²) in [5.41, 5.74) is 1.73. The lowest BCUT2D eigenvalue weighted by molar-refractivity contribution is -0.122. The predicted molar refractivity (Wildman–Crippen MR) is 108 cm³/mol. The third-order valence-electron chi connectivity index (χ3n) is 4.81. The standard InChI is InChI=1S/C19H23N7OS/c1-12-20-17(24-22-12)11-26-9-4-3-8-16(26)18(27)21-15-7-5-6-14(10-15)19-25-23-13(2)28-19/h5-7,10,16H,3-4,8-9,11H2,1-2H3,(H,21,27)(H,20,22,24)/t16-/m0/s1. The number of piperidine rings is 1. The molecule has 1 saturated heterocycles. The third-order valence-corrected chi connectivity index (χ3v) is 5.70. The molecule has 3 aromatic rings. The molecular formula is C19H23N7OS. The monoisotopic (exact) mass is 397 g/mol. The number of likely N-dealkylation sites (tertiary alicyclic amines) is 1. The molecular weight excluding hydrogens is 374 g/mol. The average molecular weight is 398 g/mol. The van der Waals surface area contributed by atoms with E-state index in [2.05, 4.69) is 35.6 Å². The molecule has 9 heteroatoms. The van der Waals surface area contributed by atoms with Gasteiger partial charge in [0.1, 0.15) is 15.8 Å². The van der Waals surface area contributed by atoms with Gasteiger partial charge in [-0.15, -0.1) is 10.2 Å². The third kappa shape index (κ3) is 4.26. The highest BCUT2D eigenvalue weighted by molar-refractivity contribution is 7.14. The van der Waals surface area contributed by atoms with Crippen molar-refractivity contribution >= 4 is 22.9 Å². The first kappa shape index (κ1) is 18.7. The Labute approximate surface area is 167 Å². The maximum atomic E-state index is 13.0. The molecule has 1 fully saturated rings. The minimum absolute atomic E-state index is 0.0116. The van der Waals surface area contributed by atoms with Gasteiger partial charge in [0.05, 0.1) is 12.6 Å². The van der Waals surface area contributed by atoms with Gasteiger partial charge < -0.3 is 5.32 Å². The van der Waals surface area contributed by atoms with Crippen LogP contribution in [0.15, 0.2) is 24.3 Å². The molecule has 28 heavy (non-hydrogen) atoms. The normalized spacial score (nSPS) is 17.6. The van der Waals surface area contributed by atoms with E-state index in [1.54, 1.807) is 11.3 Å². The van der Waals surface area contributed by atoms with Crippen molar-refractivity contribution < 1.29 is 4.79 Å². The van der Waals surface area contributed by atoms with Gasteiger partial charge in [-0.2, -0.15) is 5.10 Å². The van der Waals surface area contributed by atoms with Gasteiger partial charge in [-0.25, -0.2) is 4.98 Å². The first-order chi connectivity index (χ1) is 13.6. The second-order valence-electron chi connectivity index (χ2n) is 7.02. The molecule has 3 heterocycles. The van der Waals surface area contributed by atoms with Gasteiger partial charge in [-0.1, -0.05) is 29.9 Å². The first-order valence-corrected chi connectivity index (χ1v) is 10.2. The van der Waals surface area contributed by atoms with Crippen molar-refractivity contribution in [3.05, 3.63) is 40.9 Å². The zero-order valence-electron chi connectivity index (χ0n) is 16.0. The van der Waals surface area contributed by atoms with E-state index < -0.39 is 0 Å². The van der Waals surface area contributed by atoms with Gasteiger partial charge in [0.25, 0.3) is 0 Å². The Morgan fingerprint density at radius 3 is 2.96 bits per heavy atom. The number of carbonyl (C=O) groups is 1. The van der Waals surface area contributed by atoms with Crippen molar-refractivity contribution in [3.8, 4) is 10.6 Å². The van der Waals surface area contributed by atoms with Gasteiger partial charge in [0.15, 0.2) is 5.82 Å². The quantitative estimate of drug-likeness (QED) is 0.687. The number of aromatic amines is 1. The van der Waals surface area contributed by atoms with Crippen LogP contribution >= 0.6 is 11.3 Å². The largest absolute Gasteiger partial charge is 0.325 e. The number of nitrogens with zero attached hydrogens (tertiary/aromatic N) is 5. The molecule has 0 saturated carbocycles. The Kier molecular flexibility index (Phi) is 5.45. The topological polar surface area (TPSA) is 99.7 Å². The van der Waals surface area contributed by atoms with Crippen molar-refractivity contribution in [1.82, 2.24) is 30.3 Å². The molecule has 1 amide bonds. The molecule has 146 valence electrons. The number of carbonyl (C=O) groups excluding carboxylic acids is 1. The van der Waals surface area contributed by atoms with Gasteiger partial charge >= 0.3 is 0 Å². The molecule has 0 radical (unpaired) electrons. The van der Waals surface area contributed by atoms with Gasteiger partial charge in [-0.3, -0.25) is 14.8 Å². The molecule has 0 spiro atoms. The highest BCUT2D eigenvalue weighted by Gasteiger charge is 2.29. The molecule has 0 unspecified atom stereocenters. The summed E-state index contributed by atoms with van der Waals surface area (Å²) in [7, 11) is 0. The molecule has 8 nitrogen and oxygen atoms in total. The van der Waals surface area contributed by atoms with Crippen LogP contribution in [-0.2, 0) is 11.3 Å². The molecule has 0 bridgehead atoms. The second kappa shape index (κ2) is 8.15. The van der Waals surface area contributed by atoms with Crippen LogP contribution in [0.1, 0.15) is 35.9 Å². The van der Waals surface area contributed by atoms with Crippen LogP contribution in [-0.4, -0.2) is 48.8 Å². The van der Waals surface area contributed by atoms with E-state index in [-0.39, 0.29) is 11.9 Å². The number of aromatic nitrogens is 5. The first-order valence-electron chi connectivity index (χ1n) is 9.42. The van der Waals surface area contributed by atoms with Crippen molar-refractivity contribution in [1.29, 1.82) is 0 Å². The van der Waals surface area contributed by atoms with Crippen LogP contribution in [0, 0.1) is 13.8 Å². The summed E-state index contributed by atoms with van der Waals surface area (Å²) in [6.07, 6.45) is 2.97. The lowest BCUT2D eigenvalue weighted by Gasteiger charge is -2.33. The van der Waals surface area contributed by atoms with E-state index >= 15 is 0 Å². The van der Waals surface area contributed by atoms with E-state index in [0.29, 0.717) is 6.54 Å². The maximum absolute atomic E-state index is 13.0. The summed E-state index contributed by atoms with van der Waals surface area (Å²) in [5.74, 6) is 1.53. The second-order valence-corrected chi connectivity index (χ2v) is 8.20. The van der Waals surface area contributed by atoms with Crippen LogP contribution in [0.4, 0.5) is 5.69 Å². The van der Waals surface area contributed by atoms with Gasteiger partial charge in [-0.05, 0) is 45.4 Å². The number of rotatable bonds is 5. The molecule has 4 rings (SSSR count). The molecule has 2 N–H and O–H groups in total. The number of benzene rings is 1. The SMILES string of the molecule is Cc1nc(CN2CCCC[C@H]2C(=O)Nc2cccc(-c3nnc(C)s3)c2)n[nH]1. The predicted octanol–water partition coefficient (Wildman–Crippen LogP) is 2.93. The minimum atomic E-state index is -0.181. The number of H-pyrrole nitrogens is 1. The van der Waals surface area contributed by atoms with Crippen molar-refractivity contribution in [2.45, 2.75) is 45.7 Å². The lowest BCUT2D eigenvalue weighted by Crippen LogP contribution is -2.46. The van der Waals surface area contributed by atoms with E-state index in [0.717, 1.165) is 58.7 Å². The number of amides is 1. The summed E-state index contributed by atoms with van der Waals surface area (Å²) in [5, 5.41) is 20.2. The van der Waals surface area contributed by atoms with Crippen molar-refractivity contribution in [2.24, 2.45) is 0 Å². The molecule has 1 aromatic carbocycles. The molecule has 1 aliphatic rings. The summed E-state index contributed by atoms with van der Waals surface area (Å²) >= 11 is 1.54. The zero-order chi connectivity index (χ0) is 19.5. The lowest BCUT2D eigenvalue weighted by atomic mass is 10.0. The Bertz CT molecular complexity index is 967. The Balaban J connectivity index is 1.47. The smallest absolute Gasteiger partial charge is 0.241 e. The molecule has 2 aromatic heterocycles. The van der Waals surface area contributed by atoms with Crippen LogP contribution < -0.4 is 5.32 Å². The highest BCUT2D eigenvalue weighted by atomic mass is 32.1. The average Bonchev–Trinajstić information content (AvgIpc) is 3.30. The fourth-order valence-corrected chi connectivity index (χ4v) is 4.18. The van der Waals surface area contributed by atoms with Gasteiger partial charge in [0.2, 0.25) is 5.91 Å². The number of nitrogens with one attached hydrogen (secondary N) is 2. The number of aryl methyl sites for hydroxylation is 2. The van der Waals surface area contributed by atoms with E-state index in [1.807, 2.05) is 38.1 Å². The van der Waals surface area contributed by atoms with Crippen molar-refractivity contribution in [2.75, 3.05) is 11.9 Å². The zero-order valence-corrected chi connectivity index (χ0v) is 16.8. The summed E-state index contributed by atoms with van der Waals surface area (Å²) in [6.45, 7) is 5.26. The Hall–Kier alpha value is -2.65.